The van der Waals surface area contributed by atoms with Crippen LogP contribution in [0, 0.1) is 12.3 Å². The molecular formula is C21H25N5O2S2. The predicted octanol–water partition coefficient (Wildman–Crippen LogP) is 2.71. The van der Waals surface area contributed by atoms with Gasteiger partial charge < -0.3 is 10.4 Å². The van der Waals surface area contributed by atoms with Crippen LogP contribution in [0.25, 0.3) is 0 Å². The van der Waals surface area contributed by atoms with Gasteiger partial charge in [-0.05, 0) is 19.2 Å². The molecule has 0 radical (unpaired) electrons. The number of nitrogens with one attached hydrogen (secondary N) is 1. The van der Waals surface area contributed by atoms with Crippen molar-refractivity contribution in [3.8, 4) is 18.1 Å². The van der Waals surface area contributed by atoms with Gasteiger partial charge in [0.15, 0.2) is 5.66 Å². The maximum Gasteiger partial charge on any atom is 0.238 e. The minimum atomic E-state index is -0.367. The number of hydrogen-bond donors (Lipinski definition) is 2. The largest absolute Gasteiger partial charge is 0.507 e. The third-order valence-corrected chi connectivity index (χ3v) is 8.24. The molecule has 1 unspecified atom stereocenters. The highest BCUT2D eigenvalue weighted by Gasteiger charge is 2.42. The first-order valence-corrected chi connectivity index (χ1v) is 12.0. The first-order chi connectivity index (χ1) is 14.5. The summed E-state index contributed by atoms with van der Waals surface area (Å²) >= 11 is 3.43. The normalized spacial score (nSPS) is 26.9. The van der Waals surface area contributed by atoms with E-state index in [1.807, 2.05) is 25.2 Å². The summed E-state index contributed by atoms with van der Waals surface area (Å²) in [6.07, 6.45) is 7.41. The van der Waals surface area contributed by atoms with Gasteiger partial charge in [0.25, 0.3) is 0 Å². The number of hydrogen-bond acceptors (Lipinski definition) is 8. The van der Waals surface area contributed by atoms with Crippen molar-refractivity contribution in [3.05, 3.63) is 29.8 Å². The van der Waals surface area contributed by atoms with Gasteiger partial charge in [0.2, 0.25) is 5.91 Å². The number of aromatic hydroxyl groups is 1. The second-order valence-corrected chi connectivity index (χ2v) is 9.82. The highest BCUT2D eigenvalue weighted by atomic mass is 32.2. The molecule has 1 amide bonds. The molecule has 3 aliphatic rings. The van der Waals surface area contributed by atoms with Crippen molar-refractivity contribution in [3.63, 3.8) is 0 Å². The number of benzene rings is 1. The van der Waals surface area contributed by atoms with Gasteiger partial charge in [-0.1, -0.05) is 12.1 Å². The lowest BCUT2D eigenvalue weighted by atomic mass is 10.0. The summed E-state index contributed by atoms with van der Waals surface area (Å²) in [7, 11) is 1.99. The monoisotopic (exact) mass is 443 g/mol. The Morgan fingerprint density at radius 2 is 2.17 bits per heavy atom. The van der Waals surface area contributed by atoms with Gasteiger partial charge in [-0.15, -0.1) is 35.9 Å². The van der Waals surface area contributed by atoms with Crippen molar-refractivity contribution in [2.24, 2.45) is 15.2 Å². The standard InChI is InChI=1S/C21H25N5O2S2/c1-3-4-9-21(24-25-21)10-11-22-18(28)16-13-30-20(26(16)2)15-12-29-19(23-15)14-7-5-6-8-17(14)27/h1,5-8,15-16,20,27H,4,9-13H2,2H3,(H,22,28)/t15-,16+,20?/m1/s1. The summed E-state index contributed by atoms with van der Waals surface area (Å²) in [5.74, 6) is 4.50. The highest BCUT2D eigenvalue weighted by Crippen LogP contribution is 2.38. The number of aliphatic imine (C=N–C) groups is 1. The maximum absolute atomic E-state index is 12.7. The van der Waals surface area contributed by atoms with E-state index < -0.39 is 0 Å². The van der Waals surface area contributed by atoms with Gasteiger partial charge in [-0.3, -0.25) is 14.7 Å². The van der Waals surface area contributed by atoms with Crippen LogP contribution in [0.1, 0.15) is 24.8 Å². The number of nitrogens with zero attached hydrogens (tertiary/aromatic N) is 4. The van der Waals surface area contributed by atoms with E-state index in [1.54, 1.807) is 29.6 Å². The maximum atomic E-state index is 12.7. The van der Waals surface area contributed by atoms with Crippen molar-refractivity contribution in [2.75, 3.05) is 25.1 Å². The molecule has 3 heterocycles. The molecule has 4 rings (SSSR count). The Morgan fingerprint density at radius 1 is 1.37 bits per heavy atom. The van der Waals surface area contributed by atoms with Crippen molar-refractivity contribution in [1.82, 2.24) is 10.2 Å². The molecule has 1 aromatic rings. The van der Waals surface area contributed by atoms with Crippen LogP contribution in [0.3, 0.4) is 0 Å². The Labute approximate surface area is 185 Å². The summed E-state index contributed by atoms with van der Waals surface area (Å²) in [6, 6.07) is 7.20. The lowest BCUT2D eigenvalue weighted by molar-refractivity contribution is -0.125. The van der Waals surface area contributed by atoms with Crippen LogP contribution in [-0.2, 0) is 4.79 Å². The second kappa shape index (κ2) is 9.00. The molecule has 1 saturated heterocycles. The number of terminal acetylenes is 1. The van der Waals surface area contributed by atoms with Gasteiger partial charge >= 0.3 is 0 Å². The van der Waals surface area contributed by atoms with Crippen LogP contribution >= 0.6 is 23.5 Å². The smallest absolute Gasteiger partial charge is 0.238 e. The van der Waals surface area contributed by atoms with Crippen LogP contribution in [-0.4, -0.2) is 69.2 Å². The van der Waals surface area contributed by atoms with Crippen LogP contribution < -0.4 is 5.32 Å². The van der Waals surface area contributed by atoms with Crippen molar-refractivity contribution in [1.29, 1.82) is 0 Å². The molecule has 0 aromatic heterocycles. The van der Waals surface area contributed by atoms with Crippen molar-refractivity contribution >= 4 is 34.5 Å². The fourth-order valence-corrected chi connectivity index (χ4v) is 6.53. The van der Waals surface area contributed by atoms with Gasteiger partial charge in [-0.2, -0.15) is 10.2 Å². The summed E-state index contributed by atoms with van der Waals surface area (Å²) < 4.78 is 0. The minimum Gasteiger partial charge on any atom is -0.507 e. The van der Waals surface area contributed by atoms with Gasteiger partial charge in [0.05, 0.1) is 17.5 Å². The fraction of sp³-hybridized carbons (Fsp3) is 0.524. The summed E-state index contributed by atoms with van der Waals surface area (Å²) in [4.78, 5) is 19.7. The minimum absolute atomic E-state index is 0.0378. The second-order valence-electron chi connectivity index (χ2n) is 7.66. The summed E-state index contributed by atoms with van der Waals surface area (Å²) in [5.41, 5.74) is 0.410. The van der Waals surface area contributed by atoms with Crippen LogP contribution in [0.4, 0.5) is 0 Å². The first kappa shape index (κ1) is 21.2. The predicted molar refractivity (Wildman–Crippen MR) is 122 cm³/mol. The molecule has 9 heteroatoms. The first-order valence-electron chi connectivity index (χ1n) is 10.0. The Hall–Kier alpha value is -2.02. The molecule has 1 aromatic carbocycles. The third-order valence-electron chi connectivity index (χ3n) is 5.64. The molecule has 3 atom stereocenters. The number of phenolic OH excluding ortho intramolecular Hbond substituents is 1. The molecule has 3 aliphatic heterocycles. The van der Waals surface area contributed by atoms with Crippen LogP contribution in [0.15, 0.2) is 39.5 Å². The number of amides is 1. The van der Waals surface area contributed by atoms with Crippen LogP contribution in [0.2, 0.25) is 0 Å². The molecular weight excluding hydrogens is 418 g/mol. The Kier molecular flexibility index (Phi) is 6.37. The van der Waals surface area contributed by atoms with E-state index in [-0.39, 0.29) is 34.8 Å². The van der Waals surface area contributed by atoms with E-state index in [1.165, 1.54) is 0 Å². The number of carbonyl (C=O) groups is 1. The highest BCUT2D eigenvalue weighted by molar-refractivity contribution is 8.14. The van der Waals surface area contributed by atoms with E-state index in [0.29, 0.717) is 19.4 Å². The van der Waals surface area contributed by atoms with Crippen molar-refractivity contribution < 1.29 is 9.90 Å². The summed E-state index contributed by atoms with van der Waals surface area (Å²) in [5, 5.41) is 22.4. The number of phenols is 1. The molecule has 0 spiro atoms. The van der Waals surface area contributed by atoms with Gasteiger partial charge in [0, 0.05) is 42.9 Å². The third kappa shape index (κ3) is 4.51. The number of para-hydroxylation sites is 1. The zero-order chi connectivity index (χ0) is 21.1. The zero-order valence-electron chi connectivity index (χ0n) is 16.8. The Morgan fingerprint density at radius 3 is 2.90 bits per heavy atom. The Balaban J connectivity index is 1.30. The molecule has 0 aliphatic carbocycles. The molecule has 30 heavy (non-hydrogen) atoms. The number of carbonyl (C=O) groups excluding carboxylic acids is 1. The van der Waals surface area contributed by atoms with E-state index in [2.05, 4.69) is 26.4 Å². The molecule has 158 valence electrons. The fourth-order valence-electron chi connectivity index (χ4n) is 3.75. The SMILES string of the molecule is C#CCCC1(CCNC(=O)[C@@H]2CSC([C@H]3CSC(c4ccccc4O)=N3)N2C)N=N1. The van der Waals surface area contributed by atoms with Crippen molar-refractivity contribution in [2.45, 2.75) is 42.4 Å². The summed E-state index contributed by atoms with van der Waals surface area (Å²) in [6.45, 7) is 0.547. The number of rotatable bonds is 8. The molecule has 0 saturated carbocycles. The van der Waals surface area contributed by atoms with E-state index >= 15 is 0 Å². The molecule has 1 fully saturated rings. The van der Waals surface area contributed by atoms with E-state index in [4.69, 9.17) is 11.4 Å². The van der Waals surface area contributed by atoms with E-state index in [9.17, 15) is 9.90 Å². The topological polar surface area (TPSA) is 89.6 Å². The number of likely N-dealkylation sites (N-methyl/N-ethyl adjacent to an activating group) is 1. The molecule has 7 nitrogen and oxygen atoms in total. The van der Waals surface area contributed by atoms with Gasteiger partial charge in [-0.25, -0.2) is 0 Å². The molecule has 0 bridgehead atoms. The van der Waals surface area contributed by atoms with E-state index in [0.717, 1.165) is 28.5 Å². The Bertz CT molecular complexity index is 907. The molecule has 2 N–H and O–H groups in total. The van der Waals surface area contributed by atoms with Crippen LogP contribution in [0.5, 0.6) is 5.75 Å². The lowest BCUT2D eigenvalue weighted by Crippen LogP contribution is -2.47. The lowest BCUT2D eigenvalue weighted by Gasteiger charge is -2.26. The van der Waals surface area contributed by atoms with Gasteiger partial charge in [0.1, 0.15) is 10.8 Å². The zero-order valence-corrected chi connectivity index (χ0v) is 18.5. The number of thioether (sulfide) groups is 2. The average molecular weight is 444 g/mol. The quantitative estimate of drug-likeness (QED) is 0.603. The average Bonchev–Trinajstić information content (AvgIpc) is 3.15.